The molecular weight excluding hydrogens is 275 g/mol. The predicted octanol–water partition coefficient (Wildman–Crippen LogP) is -0.184. The van der Waals surface area contributed by atoms with Gasteiger partial charge in [0, 0.05) is 5.25 Å². The Labute approximate surface area is 140 Å². The van der Waals surface area contributed by atoms with E-state index in [1.54, 1.807) is 6.92 Å². The molecule has 0 aliphatic heterocycles. The average molecular weight is 302 g/mol. The van der Waals surface area contributed by atoms with Crippen LogP contribution in [0.3, 0.4) is 0 Å². The van der Waals surface area contributed by atoms with E-state index in [0.29, 0.717) is 12.8 Å². The predicted molar refractivity (Wildman–Crippen MR) is 72.4 cm³/mol. The molecule has 0 aliphatic rings. The Bertz CT molecular complexity index is 293. The van der Waals surface area contributed by atoms with Crippen LogP contribution in [0.4, 0.5) is 0 Å². The van der Waals surface area contributed by atoms with Crippen molar-refractivity contribution in [2.45, 2.75) is 83.0 Å². The zero-order valence-corrected chi connectivity index (χ0v) is 15.4. The number of rotatable bonds is 11. The Balaban J connectivity index is 0. The van der Waals surface area contributed by atoms with E-state index in [9.17, 15) is 18.1 Å². The fraction of sp³-hybridized carbons (Fsp3) is 1.00. The van der Waals surface area contributed by atoms with E-state index in [2.05, 4.69) is 0 Å². The van der Waals surface area contributed by atoms with Crippen LogP contribution in [0.2, 0.25) is 0 Å². The van der Waals surface area contributed by atoms with Crippen LogP contribution in [0.25, 0.3) is 0 Å². The molecule has 0 aromatic heterocycles. The van der Waals surface area contributed by atoms with Crippen molar-refractivity contribution in [1.82, 2.24) is 0 Å². The van der Waals surface area contributed by atoms with Crippen LogP contribution in [0, 0.1) is 0 Å². The van der Waals surface area contributed by atoms with Gasteiger partial charge in [-0.2, -0.15) is 0 Å². The van der Waals surface area contributed by atoms with Gasteiger partial charge in [0.15, 0.2) is 0 Å². The van der Waals surface area contributed by atoms with Crippen molar-refractivity contribution in [3.05, 3.63) is 0 Å². The summed E-state index contributed by atoms with van der Waals surface area (Å²) >= 11 is 0. The van der Waals surface area contributed by atoms with Crippen LogP contribution >= 0.6 is 0 Å². The molecule has 0 aromatic rings. The molecule has 6 heteroatoms. The van der Waals surface area contributed by atoms with Gasteiger partial charge < -0.3 is 9.66 Å². The smallest absolute Gasteiger partial charge is 0.748 e. The summed E-state index contributed by atoms with van der Waals surface area (Å²) < 4.78 is 32.6. The van der Waals surface area contributed by atoms with Gasteiger partial charge in [-0.15, -0.1) is 0 Å². The maximum absolute atomic E-state index is 10.9. The van der Waals surface area contributed by atoms with Crippen LogP contribution in [-0.4, -0.2) is 29.4 Å². The van der Waals surface area contributed by atoms with E-state index < -0.39 is 15.4 Å². The van der Waals surface area contributed by atoms with Gasteiger partial charge in [0.2, 0.25) is 0 Å². The molecule has 0 amide bonds. The summed E-state index contributed by atoms with van der Waals surface area (Å²) in [6.45, 7) is 3.71. The second-order valence-electron chi connectivity index (χ2n) is 4.93. The molecule has 0 saturated carbocycles. The Hall–Kier alpha value is 0.870. The molecule has 2 unspecified atom stereocenters. The Kier molecular flexibility index (Phi) is 14.7. The molecule has 0 aliphatic carbocycles. The van der Waals surface area contributed by atoms with E-state index in [-0.39, 0.29) is 35.7 Å². The number of aliphatic hydroxyl groups excluding tert-OH is 1. The first-order valence-electron chi connectivity index (χ1n) is 7.04. The first-order chi connectivity index (χ1) is 8.41. The molecule has 0 rings (SSSR count). The fourth-order valence-corrected chi connectivity index (χ4v) is 2.90. The van der Waals surface area contributed by atoms with Gasteiger partial charge in [-0.25, -0.2) is 8.42 Å². The van der Waals surface area contributed by atoms with Gasteiger partial charge in [-0.3, -0.25) is 0 Å². The van der Waals surface area contributed by atoms with Crippen molar-refractivity contribution < 1.29 is 47.6 Å². The summed E-state index contributed by atoms with van der Waals surface area (Å²) in [4.78, 5) is 0. The minimum atomic E-state index is -4.11. The van der Waals surface area contributed by atoms with Crippen LogP contribution in [0.15, 0.2) is 0 Å². The number of unbranched alkanes of at least 4 members (excludes halogenated alkanes) is 4. The Morgan fingerprint density at radius 3 is 1.84 bits per heavy atom. The topological polar surface area (TPSA) is 77.4 Å². The third-order valence-electron chi connectivity index (χ3n) is 3.40. The van der Waals surface area contributed by atoms with Crippen molar-refractivity contribution in [1.29, 1.82) is 0 Å². The standard InChI is InChI=1S/C13H28O4S.Na/c1-3-12(14)10-8-6-5-7-9-11-13(4-2)18(15,16)17;/h12-14H,3-11H2,1-2H3,(H,15,16,17);/q;+1/p-1. The number of hydrogen-bond donors (Lipinski definition) is 1. The number of hydrogen-bond acceptors (Lipinski definition) is 4. The van der Waals surface area contributed by atoms with Crippen LogP contribution in [0.1, 0.15) is 71.6 Å². The van der Waals surface area contributed by atoms with E-state index in [0.717, 1.165) is 44.9 Å². The molecule has 1 N–H and O–H groups in total. The molecule has 0 saturated heterocycles. The van der Waals surface area contributed by atoms with Crippen LogP contribution in [-0.2, 0) is 10.1 Å². The van der Waals surface area contributed by atoms with E-state index in [1.807, 2.05) is 6.92 Å². The number of aliphatic hydroxyl groups is 1. The summed E-state index contributed by atoms with van der Waals surface area (Å²) in [5.74, 6) is 0. The summed E-state index contributed by atoms with van der Waals surface area (Å²) in [6, 6.07) is 0. The molecule has 19 heavy (non-hydrogen) atoms. The zero-order valence-electron chi connectivity index (χ0n) is 12.6. The fourth-order valence-electron chi connectivity index (χ4n) is 2.04. The molecule has 4 nitrogen and oxygen atoms in total. The van der Waals surface area contributed by atoms with Gasteiger partial charge in [0.1, 0.15) is 0 Å². The maximum Gasteiger partial charge on any atom is 1.00 e. The third-order valence-corrected chi connectivity index (χ3v) is 4.78. The second-order valence-corrected chi connectivity index (χ2v) is 6.58. The minimum absolute atomic E-state index is 0. The summed E-state index contributed by atoms with van der Waals surface area (Å²) in [5.41, 5.74) is 0. The van der Waals surface area contributed by atoms with Gasteiger partial charge in [0.25, 0.3) is 0 Å². The third kappa shape index (κ3) is 12.3. The van der Waals surface area contributed by atoms with Crippen LogP contribution < -0.4 is 29.6 Å². The quantitative estimate of drug-likeness (QED) is 0.326. The summed E-state index contributed by atoms with van der Waals surface area (Å²) in [6.07, 6.45) is 7.28. The average Bonchev–Trinajstić information content (AvgIpc) is 2.30. The SMILES string of the molecule is CCC(O)CCCCCCCC(CC)S(=O)(=O)[O-].[Na+]. The molecule has 0 aromatic carbocycles. The Morgan fingerprint density at radius 2 is 1.42 bits per heavy atom. The van der Waals surface area contributed by atoms with Gasteiger partial charge in [0.05, 0.1) is 16.2 Å². The maximum atomic E-state index is 10.9. The van der Waals surface area contributed by atoms with E-state index in [4.69, 9.17) is 0 Å². The monoisotopic (exact) mass is 302 g/mol. The second kappa shape index (κ2) is 12.6. The molecule has 0 bridgehead atoms. The first-order valence-corrected chi connectivity index (χ1v) is 8.51. The molecule has 0 spiro atoms. The molecule has 2 atom stereocenters. The van der Waals surface area contributed by atoms with E-state index in [1.165, 1.54) is 0 Å². The molecule has 110 valence electrons. The summed E-state index contributed by atoms with van der Waals surface area (Å²) in [5, 5.41) is 8.64. The first kappa shape index (κ1) is 22.2. The van der Waals surface area contributed by atoms with E-state index >= 15 is 0 Å². The van der Waals surface area contributed by atoms with Gasteiger partial charge >= 0.3 is 29.6 Å². The zero-order chi connectivity index (χ0) is 14.0. The van der Waals surface area contributed by atoms with Gasteiger partial charge in [-0.05, 0) is 25.7 Å². The van der Waals surface area contributed by atoms with Crippen molar-refractivity contribution in [2.75, 3.05) is 0 Å². The van der Waals surface area contributed by atoms with Crippen LogP contribution in [0.5, 0.6) is 0 Å². The van der Waals surface area contributed by atoms with Crippen molar-refractivity contribution >= 4 is 10.1 Å². The molecule has 0 radical (unpaired) electrons. The molecular formula is C13H27NaO4S. The van der Waals surface area contributed by atoms with Crippen molar-refractivity contribution in [3.8, 4) is 0 Å². The Morgan fingerprint density at radius 1 is 0.947 bits per heavy atom. The largest absolute Gasteiger partial charge is 1.00 e. The molecule has 0 heterocycles. The molecule has 0 fully saturated rings. The normalized spacial score (nSPS) is 14.7. The van der Waals surface area contributed by atoms with Crippen molar-refractivity contribution in [2.24, 2.45) is 0 Å². The minimum Gasteiger partial charge on any atom is -0.748 e. The van der Waals surface area contributed by atoms with Gasteiger partial charge in [-0.1, -0.05) is 46.0 Å². The van der Waals surface area contributed by atoms with Crippen molar-refractivity contribution in [3.63, 3.8) is 0 Å². The summed E-state index contributed by atoms with van der Waals surface area (Å²) in [7, 11) is -4.11.